The second-order valence-electron chi connectivity index (χ2n) is 8.34. The Kier molecular flexibility index (Phi) is 7.90. The van der Waals surface area contributed by atoms with Crippen molar-refractivity contribution in [3.05, 3.63) is 64.6 Å². The van der Waals surface area contributed by atoms with Gasteiger partial charge in [-0.25, -0.2) is 4.79 Å². The van der Waals surface area contributed by atoms with Gasteiger partial charge in [-0.15, -0.1) is 13.2 Å². The molecule has 1 aromatic heterocycles. The first kappa shape index (κ1) is 27.6. The summed E-state index contributed by atoms with van der Waals surface area (Å²) >= 11 is 5.59. The molecule has 1 atom stereocenters. The van der Waals surface area contributed by atoms with Crippen LogP contribution in [0.3, 0.4) is 0 Å². The number of hydrogen-bond acceptors (Lipinski definition) is 7. The number of benzene rings is 2. The van der Waals surface area contributed by atoms with Crippen LogP contribution in [0.1, 0.15) is 19.0 Å². The molecule has 0 radical (unpaired) electrons. The quantitative estimate of drug-likeness (QED) is 0.300. The van der Waals surface area contributed by atoms with Crippen molar-refractivity contribution in [2.75, 3.05) is 16.8 Å². The summed E-state index contributed by atoms with van der Waals surface area (Å²) < 4.78 is 52.6. The molecule has 1 aliphatic rings. The molecule has 1 aliphatic heterocycles. The molecule has 3 aromatic rings. The number of ether oxygens (including phenoxy) is 2. The standard InChI is InChI=1S/C24H22F3N5O6S/c1-3-36-16-10-6-15(7-11-16)32-21(34)18(31(23(32)39)13-19-22(35)38-29-30(19)2)12-20(33)28-14-4-8-17(9-5-14)37-24(25,26)27/h4-11,18H,3,12-13H2,1-2H3,(H-,28,29,33,35)/p+1. The minimum atomic E-state index is -4.85. The zero-order valence-corrected chi connectivity index (χ0v) is 21.5. The summed E-state index contributed by atoms with van der Waals surface area (Å²) in [6.45, 7) is 2.16. The lowest BCUT2D eigenvalue weighted by Crippen LogP contribution is -2.44. The number of carbonyl (C=O) groups is 2. The second-order valence-corrected chi connectivity index (χ2v) is 8.70. The lowest BCUT2D eigenvalue weighted by atomic mass is 10.1. The molecule has 1 unspecified atom stereocenters. The smallest absolute Gasteiger partial charge is 0.494 e. The zero-order chi connectivity index (χ0) is 28.3. The van der Waals surface area contributed by atoms with E-state index in [1.807, 2.05) is 6.92 Å². The molecule has 206 valence electrons. The fourth-order valence-electron chi connectivity index (χ4n) is 3.93. The highest BCUT2D eigenvalue weighted by atomic mass is 32.1. The number of alkyl halides is 3. The van der Waals surface area contributed by atoms with E-state index in [9.17, 15) is 27.6 Å². The summed E-state index contributed by atoms with van der Waals surface area (Å²) in [5.74, 6) is -0.970. The third-order valence-electron chi connectivity index (χ3n) is 5.71. The molecule has 2 heterocycles. The molecule has 0 saturated carbocycles. The van der Waals surface area contributed by atoms with Gasteiger partial charge in [0.1, 0.15) is 24.1 Å². The van der Waals surface area contributed by atoms with E-state index in [4.69, 9.17) is 21.5 Å². The Morgan fingerprint density at radius 1 is 1.13 bits per heavy atom. The van der Waals surface area contributed by atoms with Gasteiger partial charge in [0.05, 0.1) is 18.7 Å². The Morgan fingerprint density at radius 3 is 2.33 bits per heavy atom. The normalized spacial score (nSPS) is 15.6. The van der Waals surface area contributed by atoms with Gasteiger partial charge in [0.15, 0.2) is 12.2 Å². The first-order chi connectivity index (χ1) is 18.5. The first-order valence-electron chi connectivity index (χ1n) is 11.6. The van der Waals surface area contributed by atoms with Gasteiger partial charge in [0.2, 0.25) is 5.91 Å². The molecule has 11 nitrogen and oxygen atoms in total. The van der Waals surface area contributed by atoms with Gasteiger partial charge in [0.25, 0.3) is 5.91 Å². The van der Waals surface area contributed by atoms with E-state index in [0.29, 0.717) is 18.0 Å². The lowest BCUT2D eigenvalue weighted by molar-refractivity contribution is -0.746. The van der Waals surface area contributed by atoms with Crippen molar-refractivity contribution >= 4 is 40.5 Å². The fraction of sp³-hybridized carbons (Fsp3) is 0.292. The Bertz CT molecular complexity index is 1420. The maximum Gasteiger partial charge on any atom is 0.573 e. The number of nitrogens with zero attached hydrogens (tertiary/aromatic N) is 3. The predicted octanol–water partition coefficient (Wildman–Crippen LogP) is 2.62. The monoisotopic (exact) mass is 566 g/mol. The number of anilines is 2. The number of aryl methyl sites for hydroxylation is 1. The number of rotatable bonds is 9. The van der Waals surface area contributed by atoms with Crippen LogP contribution >= 0.6 is 12.2 Å². The molecule has 2 N–H and O–H groups in total. The third kappa shape index (κ3) is 6.37. The molecule has 2 aromatic carbocycles. The highest BCUT2D eigenvalue weighted by molar-refractivity contribution is 7.80. The zero-order valence-electron chi connectivity index (χ0n) is 20.7. The van der Waals surface area contributed by atoms with Crippen LogP contribution in [0.15, 0.2) is 57.8 Å². The van der Waals surface area contributed by atoms with Crippen LogP contribution in [-0.2, 0) is 23.2 Å². The summed E-state index contributed by atoms with van der Waals surface area (Å²) in [4.78, 5) is 41.3. The van der Waals surface area contributed by atoms with Gasteiger partial charge < -0.3 is 19.7 Å². The van der Waals surface area contributed by atoms with Crippen molar-refractivity contribution in [3.63, 3.8) is 0 Å². The van der Waals surface area contributed by atoms with Crippen molar-refractivity contribution in [3.8, 4) is 11.5 Å². The minimum Gasteiger partial charge on any atom is -0.494 e. The van der Waals surface area contributed by atoms with Crippen molar-refractivity contribution in [1.29, 1.82) is 0 Å². The van der Waals surface area contributed by atoms with Gasteiger partial charge in [-0.05, 0) is 72.9 Å². The maximum atomic E-state index is 13.5. The number of carbonyl (C=O) groups excluding carboxylic acids is 2. The van der Waals surface area contributed by atoms with Gasteiger partial charge in [0, 0.05) is 5.69 Å². The Hall–Kier alpha value is -4.40. The second kappa shape index (κ2) is 11.1. The molecule has 2 amide bonds. The summed E-state index contributed by atoms with van der Waals surface area (Å²) in [5.41, 5.74) is 0.114. The molecule has 0 aliphatic carbocycles. The number of aromatic amines is 1. The number of halogens is 3. The van der Waals surface area contributed by atoms with Gasteiger partial charge >= 0.3 is 17.7 Å². The third-order valence-corrected chi connectivity index (χ3v) is 6.13. The largest absolute Gasteiger partial charge is 0.573 e. The molecule has 1 saturated heterocycles. The Labute approximate surface area is 224 Å². The van der Waals surface area contributed by atoms with Crippen molar-refractivity contribution in [1.82, 2.24) is 10.2 Å². The highest BCUT2D eigenvalue weighted by Gasteiger charge is 2.46. The van der Waals surface area contributed by atoms with Crippen LogP contribution in [0.5, 0.6) is 11.5 Å². The molecular formula is C24H23F3N5O6S+. The van der Waals surface area contributed by atoms with Crippen LogP contribution in [-0.4, -0.2) is 46.1 Å². The highest BCUT2D eigenvalue weighted by Crippen LogP contribution is 2.30. The topological polar surface area (TPSA) is 121 Å². The Balaban J connectivity index is 1.56. The summed E-state index contributed by atoms with van der Waals surface area (Å²) in [7, 11) is 1.54. The maximum absolute atomic E-state index is 13.5. The van der Waals surface area contributed by atoms with E-state index < -0.39 is 35.6 Å². The predicted molar refractivity (Wildman–Crippen MR) is 134 cm³/mol. The fourth-order valence-corrected chi connectivity index (χ4v) is 4.32. The van der Waals surface area contributed by atoms with Crippen LogP contribution in [0.4, 0.5) is 24.5 Å². The number of thiocarbonyl (C=S) groups is 1. The molecule has 4 rings (SSSR count). The molecule has 1 fully saturated rings. The Morgan fingerprint density at radius 2 is 1.77 bits per heavy atom. The van der Waals surface area contributed by atoms with Crippen LogP contribution in [0.2, 0.25) is 0 Å². The van der Waals surface area contributed by atoms with E-state index in [2.05, 4.69) is 15.3 Å². The minimum absolute atomic E-state index is 0.0659. The van der Waals surface area contributed by atoms with E-state index >= 15 is 0 Å². The van der Waals surface area contributed by atoms with Crippen molar-refractivity contribution in [2.24, 2.45) is 7.05 Å². The van der Waals surface area contributed by atoms with Crippen LogP contribution in [0, 0.1) is 0 Å². The summed E-state index contributed by atoms with van der Waals surface area (Å²) in [5, 5.41) is 5.01. The SMILES string of the molecule is CCOc1ccc(N2C(=O)C(CC(=O)Nc3ccc(OC(F)(F)F)cc3)N(Cc3c(=O)o[nH][n+]3C)C2=S)cc1. The van der Waals surface area contributed by atoms with Crippen molar-refractivity contribution < 1.29 is 41.4 Å². The van der Waals surface area contributed by atoms with E-state index in [0.717, 1.165) is 12.1 Å². The number of nitrogens with one attached hydrogen (secondary N) is 2. The first-order valence-corrected chi connectivity index (χ1v) is 12.0. The molecule has 15 heteroatoms. The summed E-state index contributed by atoms with van der Waals surface area (Å²) in [6, 6.07) is 10.1. The number of amides is 2. The average Bonchev–Trinajstić information content (AvgIpc) is 3.30. The van der Waals surface area contributed by atoms with Gasteiger partial charge in [-0.3, -0.25) is 19.0 Å². The molecule has 39 heavy (non-hydrogen) atoms. The van der Waals surface area contributed by atoms with Crippen molar-refractivity contribution in [2.45, 2.75) is 32.3 Å². The number of H-pyrrole nitrogens is 1. The van der Waals surface area contributed by atoms with Crippen LogP contribution < -0.4 is 30.0 Å². The molecular weight excluding hydrogens is 543 g/mol. The van der Waals surface area contributed by atoms with E-state index in [-0.39, 0.29) is 29.5 Å². The average molecular weight is 567 g/mol. The van der Waals surface area contributed by atoms with Gasteiger partial charge in [-0.2, -0.15) is 0 Å². The molecule has 0 bridgehead atoms. The van der Waals surface area contributed by atoms with E-state index in [1.54, 1.807) is 31.3 Å². The lowest BCUT2D eigenvalue weighted by Gasteiger charge is -2.21. The summed E-state index contributed by atoms with van der Waals surface area (Å²) in [6.07, 6.45) is -5.22. The number of aromatic nitrogens is 2. The van der Waals surface area contributed by atoms with E-state index in [1.165, 1.54) is 26.6 Å². The van der Waals surface area contributed by atoms with Gasteiger partial charge in [-0.1, -0.05) is 4.68 Å². The molecule has 0 spiro atoms. The van der Waals surface area contributed by atoms with Crippen LogP contribution in [0.25, 0.3) is 0 Å². The number of hydrogen-bond donors (Lipinski definition) is 2.